The molecule has 1 aromatic rings. The Morgan fingerprint density at radius 3 is 2.33 bits per heavy atom. The zero-order valence-corrected chi connectivity index (χ0v) is 13.5. The number of nitrogens with two attached hydrogens (primary N) is 1. The number of carbonyl (C=O) groups is 1. The zero-order chi connectivity index (χ0) is 15.7. The lowest BCUT2D eigenvalue weighted by molar-refractivity contribution is 0.0755. The van der Waals surface area contributed by atoms with Gasteiger partial charge in [-0.2, -0.15) is 0 Å². The van der Waals surface area contributed by atoms with E-state index in [-0.39, 0.29) is 5.91 Å². The van der Waals surface area contributed by atoms with Crippen LogP contribution in [0.4, 0.5) is 5.69 Å². The number of amides is 1. The van der Waals surface area contributed by atoms with Gasteiger partial charge in [0.25, 0.3) is 5.91 Å². The fraction of sp³-hybridized carbons (Fsp3) is 0.588. The van der Waals surface area contributed by atoms with Crippen LogP contribution in [0.2, 0.25) is 0 Å². The maximum Gasteiger partial charge on any atom is 0.253 e. The normalized spacial score (nSPS) is 10.4. The van der Waals surface area contributed by atoms with E-state index in [1.807, 2.05) is 4.90 Å². The van der Waals surface area contributed by atoms with E-state index in [9.17, 15) is 4.79 Å². The minimum Gasteiger partial charge on any atom is -0.491 e. The summed E-state index contributed by atoms with van der Waals surface area (Å²) in [5, 5.41) is 0. The van der Waals surface area contributed by atoms with Gasteiger partial charge >= 0.3 is 0 Å². The van der Waals surface area contributed by atoms with Gasteiger partial charge in [0.1, 0.15) is 5.75 Å². The molecule has 0 aliphatic rings. The van der Waals surface area contributed by atoms with E-state index in [1.54, 1.807) is 18.2 Å². The summed E-state index contributed by atoms with van der Waals surface area (Å²) in [6.07, 6.45) is 4.00. The van der Waals surface area contributed by atoms with Crippen molar-refractivity contribution in [2.24, 2.45) is 0 Å². The zero-order valence-electron chi connectivity index (χ0n) is 13.5. The minimum absolute atomic E-state index is 0.0468. The van der Waals surface area contributed by atoms with Crippen LogP contribution in [0.15, 0.2) is 18.2 Å². The number of ether oxygens (including phenoxy) is 1. The molecule has 0 unspecified atom stereocenters. The number of unbranched alkanes of at least 4 members (excludes halogenated alkanes) is 1. The summed E-state index contributed by atoms with van der Waals surface area (Å²) in [5.74, 6) is 0.711. The first-order valence-corrected chi connectivity index (χ1v) is 7.95. The van der Waals surface area contributed by atoms with E-state index in [1.165, 1.54) is 0 Å². The Morgan fingerprint density at radius 2 is 1.81 bits per heavy atom. The first kappa shape index (κ1) is 17.3. The fourth-order valence-corrected chi connectivity index (χ4v) is 2.18. The van der Waals surface area contributed by atoms with E-state index in [4.69, 9.17) is 10.5 Å². The van der Waals surface area contributed by atoms with Gasteiger partial charge in [-0.05, 0) is 37.5 Å². The number of rotatable bonds is 9. The van der Waals surface area contributed by atoms with Crippen LogP contribution in [0.25, 0.3) is 0 Å². The van der Waals surface area contributed by atoms with Crippen LogP contribution in [0.5, 0.6) is 5.75 Å². The molecule has 118 valence electrons. The summed E-state index contributed by atoms with van der Waals surface area (Å²) in [6.45, 7) is 8.49. The SMILES string of the molecule is CCCCOc1ccc(C(=O)N(CCC)CCC)cc1N. The maximum atomic E-state index is 12.5. The molecule has 4 heteroatoms. The highest BCUT2D eigenvalue weighted by atomic mass is 16.5. The molecular formula is C17H28N2O2. The second kappa shape index (κ2) is 9.27. The van der Waals surface area contributed by atoms with Crippen molar-refractivity contribution in [3.63, 3.8) is 0 Å². The van der Waals surface area contributed by atoms with Gasteiger partial charge in [-0.1, -0.05) is 27.2 Å². The van der Waals surface area contributed by atoms with E-state index in [0.717, 1.165) is 38.8 Å². The van der Waals surface area contributed by atoms with Gasteiger partial charge in [0.05, 0.1) is 12.3 Å². The Balaban J connectivity index is 2.78. The molecule has 0 bridgehead atoms. The third-order valence-corrected chi connectivity index (χ3v) is 3.29. The Bertz CT molecular complexity index is 440. The topological polar surface area (TPSA) is 55.6 Å². The molecule has 2 N–H and O–H groups in total. The summed E-state index contributed by atoms with van der Waals surface area (Å²) in [4.78, 5) is 14.4. The van der Waals surface area contributed by atoms with Crippen molar-refractivity contribution in [3.05, 3.63) is 23.8 Å². The molecule has 0 fully saturated rings. The van der Waals surface area contributed by atoms with Crippen LogP contribution in [0.3, 0.4) is 0 Å². The number of benzene rings is 1. The van der Waals surface area contributed by atoms with E-state index in [2.05, 4.69) is 20.8 Å². The lowest BCUT2D eigenvalue weighted by Crippen LogP contribution is -2.32. The lowest BCUT2D eigenvalue weighted by atomic mass is 10.1. The number of hydrogen-bond donors (Lipinski definition) is 1. The number of hydrogen-bond acceptors (Lipinski definition) is 3. The molecule has 1 rings (SSSR count). The lowest BCUT2D eigenvalue weighted by Gasteiger charge is -2.22. The molecule has 0 radical (unpaired) electrons. The Hall–Kier alpha value is -1.71. The largest absolute Gasteiger partial charge is 0.491 e. The molecule has 0 aliphatic carbocycles. The highest BCUT2D eigenvalue weighted by molar-refractivity contribution is 5.95. The summed E-state index contributed by atoms with van der Waals surface area (Å²) in [7, 11) is 0. The second-order valence-electron chi connectivity index (χ2n) is 5.25. The number of carbonyl (C=O) groups excluding carboxylic acids is 1. The van der Waals surface area contributed by atoms with Crippen molar-refractivity contribution >= 4 is 11.6 Å². The third kappa shape index (κ3) is 5.29. The van der Waals surface area contributed by atoms with E-state index in [0.29, 0.717) is 23.6 Å². The van der Waals surface area contributed by atoms with Gasteiger partial charge in [-0.25, -0.2) is 0 Å². The monoisotopic (exact) mass is 292 g/mol. The molecule has 0 spiro atoms. The standard InChI is InChI=1S/C17H28N2O2/c1-4-7-12-21-16-9-8-14(13-15(16)18)17(20)19(10-5-2)11-6-3/h8-9,13H,4-7,10-12,18H2,1-3H3. The average Bonchev–Trinajstić information content (AvgIpc) is 2.48. The second-order valence-corrected chi connectivity index (χ2v) is 5.25. The van der Waals surface area contributed by atoms with Gasteiger partial charge in [0.2, 0.25) is 0 Å². The van der Waals surface area contributed by atoms with Crippen LogP contribution in [0, 0.1) is 0 Å². The predicted octanol–water partition coefficient (Wildman–Crippen LogP) is 3.71. The average molecular weight is 292 g/mol. The van der Waals surface area contributed by atoms with Gasteiger partial charge in [0.15, 0.2) is 0 Å². The van der Waals surface area contributed by atoms with Crippen molar-refractivity contribution in [2.45, 2.75) is 46.5 Å². The Morgan fingerprint density at radius 1 is 1.14 bits per heavy atom. The molecule has 0 atom stereocenters. The van der Waals surface area contributed by atoms with Gasteiger partial charge in [-0.15, -0.1) is 0 Å². The highest BCUT2D eigenvalue weighted by Crippen LogP contribution is 2.23. The van der Waals surface area contributed by atoms with Crippen LogP contribution in [0.1, 0.15) is 56.8 Å². The van der Waals surface area contributed by atoms with Crippen molar-refractivity contribution in [1.82, 2.24) is 4.90 Å². The molecule has 0 heterocycles. The smallest absolute Gasteiger partial charge is 0.253 e. The quantitative estimate of drug-likeness (QED) is 0.557. The molecule has 4 nitrogen and oxygen atoms in total. The summed E-state index contributed by atoms with van der Waals surface area (Å²) in [5.41, 5.74) is 7.16. The van der Waals surface area contributed by atoms with Crippen LogP contribution < -0.4 is 10.5 Å². The third-order valence-electron chi connectivity index (χ3n) is 3.29. The molecule has 0 aliphatic heterocycles. The molecule has 0 saturated heterocycles. The Kier molecular flexibility index (Phi) is 7.65. The van der Waals surface area contributed by atoms with Crippen molar-refractivity contribution in [3.8, 4) is 5.75 Å². The Labute approximate surface area is 128 Å². The molecule has 21 heavy (non-hydrogen) atoms. The molecular weight excluding hydrogens is 264 g/mol. The first-order chi connectivity index (χ1) is 10.1. The minimum atomic E-state index is 0.0468. The predicted molar refractivity (Wildman–Crippen MR) is 87.7 cm³/mol. The van der Waals surface area contributed by atoms with Gasteiger partial charge in [0, 0.05) is 18.7 Å². The maximum absolute atomic E-state index is 12.5. The molecule has 1 amide bonds. The summed E-state index contributed by atoms with van der Waals surface area (Å²) >= 11 is 0. The summed E-state index contributed by atoms with van der Waals surface area (Å²) < 4.78 is 5.62. The number of nitrogen functional groups attached to an aromatic ring is 1. The molecule has 0 saturated carbocycles. The highest BCUT2D eigenvalue weighted by Gasteiger charge is 2.15. The summed E-state index contributed by atoms with van der Waals surface area (Å²) in [6, 6.07) is 5.33. The fourth-order valence-electron chi connectivity index (χ4n) is 2.18. The molecule has 0 aromatic heterocycles. The van der Waals surface area contributed by atoms with Gasteiger partial charge < -0.3 is 15.4 Å². The van der Waals surface area contributed by atoms with E-state index < -0.39 is 0 Å². The van der Waals surface area contributed by atoms with Crippen molar-refractivity contribution < 1.29 is 9.53 Å². The number of nitrogens with zero attached hydrogens (tertiary/aromatic N) is 1. The van der Waals surface area contributed by atoms with Crippen LogP contribution >= 0.6 is 0 Å². The molecule has 1 aromatic carbocycles. The van der Waals surface area contributed by atoms with Gasteiger partial charge in [-0.3, -0.25) is 4.79 Å². The van der Waals surface area contributed by atoms with Crippen LogP contribution in [-0.4, -0.2) is 30.5 Å². The van der Waals surface area contributed by atoms with Crippen molar-refractivity contribution in [1.29, 1.82) is 0 Å². The van der Waals surface area contributed by atoms with Crippen LogP contribution in [-0.2, 0) is 0 Å². The van der Waals surface area contributed by atoms with E-state index >= 15 is 0 Å². The number of anilines is 1. The first-order valence-electron chi connectivity index (χ1n) is 7.95. The van der Waals surface area contributed by atoms with Crippen molar-refractivity contribution in [2.75, 3.05) is 25.4 Å².